The molecule has 1 aromatic heterocycles. The minimum atomic E-state index is -0.447. The number of aromatic nitrogens is 2. The average molecular weight is 464 g/mol. The Hall–Kier alpha value is -3.41. The summed E-state index contributed by atoms with van der Waals surface area (Å²) in [6.07, 6.45) is 0. The Morgan fingerprint density at radius 3 is 2.22 bits per heavy atom. The first-order valence-corrected chi connectivity index (χ1v) is 10.6. The van der Waals surface area contributed by atoms with E-state index >= 15 is 0 Å². The first kappa shape index (κ1) is 21.8. The first-order chi connectivity index (χ1) is 15.3. The quantitative estimate of drug-likeness (QED) is 0.399. The smallest absolute Gasteiger partial charge is 0.258 e. The predicted octanol–water partition coefficient (Wildman–Crippen LogP) is 6.08. The van der Waals surface area contributed by atoms with Crippen molar-refractivity contribution in [2.75, 3.05) is 5.32 Å². The molecule has 0 spiro atoms. The van der Waals surface area contributed by atoms with Crippen molar-refractivity contribution in [2.24, 2.45) is 0 Å². The van der Waals surface area contributed by atoms with E-state index in [0.717, 1.165) is 5.56 Å². The van der Waals surface area contributed by atoms with Crippen LogP contribution in [0.3, 0.4) is 0 Å². The summed E-state index contributed by atoms with van der Waals surface area (Å²) in [6, 6.07) is 21.2. The molecule has 4 rings (SSSR count). The number of carbonyl (C=O) groups excluding carboxylic acids is 1. The summed E-state index contributed by atoms with van der Waals surface area (Å²) >= 11 is 12.3. The lowest BCUT2D eigenvalue weighted by atomic mass is 10.0. The molecule has 0 saturated heterocycles. The fraction of sp³-hybridized carbons (Fsp3) is 0.0800. The van der Waals surface area contributed by atoms with Crippen molar-refractivity contribution in [3.8, 4) is 16.8 Å². The third-order valence-corrected chi connectivity index (χ3v) is 5.60. The molecule has 0 saturated carbocycles. The molecule has 0 unspecified atom stereocenters. The second-order valence-corrected chi connectivity index (χ2v) is 8.17. The molecule has 0 aliphatic carbocycles. The van der Waals surface area contributed by atoms with E-state index in [1.165, 1.54) is 0 Å². The lowest BCUT2D eigenvalue weighted by Crippen LogP contribution is -2.25. The second-order valence-electron chi connectivity index (χ2n) is 7.33. The van der Waals surface area contributed by atoms with Gasteiger partial charge in [-0.15, -0.1) is 0 Å². The number of anilines is 1. The van der Waals surface area contributed by atoms with Gasteiger partial charge < -0.3 is 5.32 Å². The number of carbonyl (C=O) groups is 1. The van der Waals surface area contributed by atoms with Crippen molar-refractivity contribution in [2.45, 2.75) is 13.8 Å². The molecule has 0 aliphatic rings. The maximum Gasteiger partial charge on any atom is 0.258 e. The zero-order valence-corrected chi connectivity index (χ0v) is 18.9. The Morgan fingerprint density at radius 2 is 1.56 bits per heavy atom. The van der Waals surface area contributed by atoms with Crippen LogP contribution in [0.5, 0.6) is 0 Å². The van der Waals surface area contributed by atoms with E-state index < -0.39 is 5.91 Å². The van der Waals surface area contributed by atoms with Crippen LogP contribution >= 0.6 is 23.2 Å². The molecule has 4 aromatic rings. The van der Waals surface area contributed by atoms with E-state index in [2.05, 4.69) is 10.4 Å². The zero-order chi connectivity index (χ0) is 22.8. The van der Waals surface area contributed by atoms with Crippen molar-refractivity contribution in [3.05, 3.63) is 110 Å². The number of hydrogen-bond donors (Lipinski definition) is 1. The topological polar surface area (TPSA) is 64.0 Å². The molecule has 1 N–H and O–H groups in total. The van der Waals surface area contributed by atoms with Crippen LogP contribution in [0.4, 0.5) is 5.82 Å². The van der Waals surface area contributed by atoms with Crippen LogP contribution < -0.4 is 10.7 Å². The highest BCUT2D eigenvalue weighted by molar-refractivity contribution is 6.34. The fourth-order valence-corrected chi connectivity index (χ4v) is 3.68. The Balaban J connectivity index is 1.97. The summed E-state index contributed by atoms with van der Waals surface area (Å²) in [6.45, 7) is 3.62. The van der Waals surface area contributed by atoms with Gasteiger partial charge in [0.1, 0.15) is 11.5 Å². The monoisotopic (exact) mass is 463 g/mol. The number of nitrogens with zero attached hydrogens (tertiary/aromatic N) is 2. The molecular formula is C25H19Cl2N3O2. The van der Waals surface area contributed by atoms with E-state index in [0.29, 0.717) is 38.1 Å². The molecule has 1 heterocycles. The van der Waals surface area contributed by atoms with Crippen molar-refractivity contribution in [1.29, 1.82) is 0 Å². The molecule has 1 amide bonds. The SMILES string of the molecule is Cc1ccc(-n2nc(C)c(=O)c(-c3ccc(Cl)cc3)c2NC(=O)c2ccccc2Cl)cc1. The van der Waals surface area contributed by atoms with Gasteiger partial charge in [0.05, 0.1) is 21.8 Å². The molecule has 0 aliphatic heterocycles. The van der Waals surface area contributed by atoms with E-state index in [1.54, 1.807) is 60.1 Å². The lowest BCUT2D eigenvalue weighted by molar-refractivity contribution is 0.102. The van der Waals surface area contributed by atoms with Gasteiger partial charge in [-0.3, -0.25) is 9.59 Å². The van der Waals surface area contributed by atoms with Crippen molar-refractivity contribution in [1.82, 2.24) is 9.78 Å². The number of aryl methyl sites for hydroxylation is 2. The van der Waals surface area contributed by atoms with Gasteiger partial charge in [-0.25, -0.2) is 4.68 Å². The van der Waals surface area contributed by atoms with Crippen LogP contribution in [0.15, 0.2) is 77.6 Å². The third-order valence-electron chi connectivity index (χ3n) is 5.02. The number of nitrogens with one attached hydrogen (secondary N) is 1. The number of amides is 1. The summed E-state index contributed by atoms with van der Waals surface area (Å²) < 4.78 is 1.56. The first-order valence-electron chi connectivity index (χ1n) is 9.88. The van der Waals surface area contributed by atoms with E-state index in [4.69, 9.17) is 23.2 Å². The summed E-state index contributed by atoms with van der Waals surface area (Å²) in [7, 11) is 0. The molecule has 160 valence electrons. The Labute approximate surface area is 195 Å². The maximum absolute atomic E-state index is 13.2. The number of benzene rings is 3. The highest BCUT2D eigenvalue weighted by atomic mass is 35.5. The van der Waals surface area contributed by atoms with Gasteiger partial charge in [0.15, 0.2) is 0 Å². The van der Waals surface area contributed by atoms with Gasteiger partial charge in [-0.2, -0.15) is 5.10 Å². The highest BCUT2D eigenvalue weighted by Crippen LogP contribution is 2.29. The molecule has 0 fully saturated rings. The Kier molecular flexibility index (Phi) is 6.12. The van der Waals surface area contributed by atoms with Gasteiger partial charge in [-0.1, -0.05) is 65.2 Å². The zero-order valence-electron chi connectivity index (χ0n) is 17.4. The van der Waals surface area contributed by atoms with Crippen molar-refractivity contribution >= 4 is 34.9 Å². The Bertz CT molecular complexity index is 1360. The molecule has 32 heavy (non-hydrogen) atoms. The largest absolute Gasteiger partial charge is 0.306 e. The predicted molar refractivity (Wildman–Crippen MR) is 129 cm³/mol. The minimum Gasteiger partial charge on any atom is -0.306 e. The third kappa shape index (κ3) is 4.31. The van der Waals surface area contributed by atoms with Crippen LogP contribution in [0.2, 0.25) is 10.0 Å². The number of halogens is 2. The molecule has 0 radical (unpaired) electrons. The van der Waals surface area contributed by atoms with Crippen LogP contribution in [0.25, 0.3) is 16.8 Å². The summed E-state index contributed by atoms with van der Waals surface area (Å²) in [5.41, 5.74) is 3.00. The van der Waals surface area contributed by atoms with Gasteiger partial charge in [0.25, 0.3) is 5.91 Å². The standard InChI is InChI=1S/C25H19Cl2N3O2/c1-15-7-13-19(14-8-15)30-24(28-25(32)20-5-3-4-6-21(20)27)22(23(31)16(2)29-30)17-9-11-18(26)12-10-17/h3-14H,1-2H3,(H,28,32). The molecule has 0 atom stereocenters. The molecule has 3 aromatic carbocycles. The minimum absolute atomic E-state index is 0.247. The van der Waals surface area contributed by atoms with E-state index in [-0.39, 0.29) is 11.2 Å². The molecular weight excluding hydrogens is 445 g/mol. The molecule has 0 bridgehead atoms. The van der Waals surface area contributed by atoms with E-state index in [1.807, 2.05) is 31.2 Å². The van der Waals surface area contributed by atoms with Crippen LogP contribution in [0, 0.1) is 13.8 Å². The maximum atomic E-state index is 13.2. The fourth-order valence-electron chi connectivity index (χ4n) is 3.33. The normalized spacial score (nSPS) is 10.8. The summed E-state index contributed by atoms with van der Waals surface area (Å²) in [4.78, 5) is 26.4. The van der Waals surface area contributed by atoms with Gasteiger partial charge in [0, 0.05) is 5.02 Å². The van der Waals surface area contributed by atoms with Crippen molar-refractivity contribution in [3.63, 3.8) is 0 Å². The second kappa shape index (κ2) is 8.99. The average Bonchev–Trinajstić information content (AvgIpc) is 2.78. The lowest BCUT2D eigenvalue weighted by Gasteiger charge is -2.19. The van der Waals surface area contributed by atoms with Crippen LogP contribution in [-0.2, 0) is 0 Å². The number of hydrogen-bond acceptors (Lipinski definition) is 3. The highest BCUT2D eigenvalue weighted by Gasteiger charge is 2.21. The Morgan fingerprint density at radius 1 is 0.906 bits per heavy atom. The number of rotatable bonds is 4. The summed E-state index contributed by atoms with van der Waals surface area (Å²) in [5.74, 6) is -0.201. The van der Waals surface area contributed by atoms with Crippen LogP contribution in [-0.4, -0.2) is 15.7 Å². The van der Waals surface area contributed by atoms with Gasteiger partial charge in [-0.05, 0) is 55.8 Å². The van der Waals surface area contributed by atoms with Gasteiger partial charge >= 0.3 is 0 Å². The molecule has 5 nitrogen and oxygen atoms in total. The van der Waals surface area contributed by atoms with Gasteiger partial charge in [0.2, 0.25) is 5.43 Å². The van der Waals surface area contributed by atoms with Crippen molar-refractivity contribution < 1.29 is 4.79 Å². The van der Waals surface area contributed by atoms with Crippen LogP contribution in [0.1, 0.15) is 21.6 Å². The van der Waals surface area contributed by atoms with E-state index in [9.17, 15) is 9.59 Å². The summed E-state index contributed by atoms with van der Waals surface area (Å²) in [5, 5.41) is 8.20. The molecule has 7 heteroatoms.